The number of aromatic hydroxyl groups is 1. The van der Waals surface area contributed by atoms with Crippen LogP contribution in [0.3, 0.4) is 0 Å². The van der Waals surface area contributed by atoms with Crippen molar-refractivity contribution in [1.29, 1.82) is 0 Å². The second kappa shape index (κ2) is 8.28. The van der Waals surface area contributed by atoms with Crippen LogP contribution >= 0.6 is 0 Å². The number of anilines is 1. The SMILES string of the molecule is C=CC(=O)N1CC2(CCN(c3nc4c(c(-c5cccc6c(F)c(O)ccc56)c3C)COC(C)(C)C4)C2)C1. The largest absolute Gasteiger partial charge is 0.505 e. The summed E-state index contributed by atoms with van der Waals surface area (Å²) in [7, 11) is 0. The monoisotopic (exact) mass is 501 g/mol. The molecule has 4 heterocycles. The van der Waals surface area contributed by atoms with Crippen molar-refractivity contribution in [1.82, 2.24) is 9.88 Å². The van der Waals surface area contributed by atoms with E-state index in [9.17, 15) is 14.3 Å². The topological polar surface area (TPSA) is 65.9 Å². The first kappa shape index (κ1) is 23.9. The molecule has 192 valence electrons. The zero-order chi connectivity index (χ0) is 26.1. The fraction of sp³-hybridized carbons (Fsp3) is 0.400. The Morgan fingerprint density at radius 1 is 1.19 bits per heavy atom. The Morgan fingerprint density at radius 3 is 2.73 bits per heavy atom. The minimum absolute atomic E-state index is 0.00842. The summed E-state index contributed by atoms with van der Waals surface area (Å²) < 4.78 is 21.1. The normalized spacial score (nSPS) is 19.7. The van der Waals surface area contributed by atoms with E-state index in [0.717, 1.165) is 71.8 Å². The van der Waals surface area contributed by atoms with Crippen LogP contribution in [0.2, 0.25) is 0 Å². The second-order valence-electron chi connectivity index (χ2n) is 11.5. The molecule has 0 radical (unpaired) electrons. The van der Waals surface area contributed by atoms with E-state index >= 15 is 0 Å². The molecule has 6 rings (SSSR count). The van der Waals surface area contributed by atoms with Crippen LogP contribution in [-0.2, 0) is 22.6 Å². The van der Waals surface area contributed by atoms with Gasteiger partial charge >= 0.3 is 0 Å². The van der Waals surface area contributed by atoms with Gasteiger partial charge in [0, 0.05) is 49.0 Å². The number of carbonyl (C=O) groups excluding carboxylic acids is 1. The number of amides is 1. The van der Waals surface area contributed by atoms with Gasteiger partial charge in [-0.3, -0.25) is 4.79 Å². The number of phenols is 1. The number of likely N-dealkylation sites (tertiary alicyclic amines) is 1. The predicted molar refractivity (Wildman–Crippen MR) is 142 cm³/mol. The van der Waals surface area contributed by atoms with E-state index in [1.54, 1.807) is 12.1 Å². The van der Waals surface area contributed by atoms with Gasteiger partial charge in [0.15, 0.2) is 11.6 Å². The molecule has 3 aliphatic heterocycles. The van der Waals surface area contributed by atoms with E-state index in [4.69, 9.17) is 9.72 Å². The molecule has 3 aromatic rings. The first-order chi connectivity index (χ1) is 17.6. The molecule has 0 aliphatic carbocycles. The highest BCUT2D eigenvalue weighted by Crippen LogP contribution is 2.46. The third kappa shape index (κ3) is 3.79. The van der Waals surface area contributed by atoms with Crippen molar-refractivity contribution >= 4 is 22.5 Å². The summed E-state index contributed by atoms with van der Waals surface area (Å²) in [5.41, 5.74) is 4.81. The average molecular weight is 502 g/mol. The number of benzene rings is 2. The maximum Gasteiger partial charge on any atom is 0.245 e. The fourth-order valence-electron chi connectivity index (χ4n) is 6.41. The predicted octanol–water partition coefficient (Wildman–Crippen LogP) is 5.13. The first-order valence-corrected chi connectivity index (χ1v) is 12.8. The molecule has 1 aromatic heterocycles. The Balaban J connectivity index is 1.47. The number of hydrogen-bond acceptors (Lipinski definition) is 5. The van der Waals surface area contributed by atoms with Crippen molar-refractivity contribution in [2.24, 2.45) is 5.41 Å². The number of nitrogens with zero attached hydrogens (tertiary/aromatic N) is 3. The van der Waals surface area contributed by atoms with Crippen LogP contribution in [0.15, 0.2) is 43.0 Å². The summed E-state index contributed by atoms with van der Waals surface area (Å²) in [5, 5.41) is 11.1. The van der Waals surface area contributed by atoms with Crippen LogP contribution in [0.25, 0.3) is 21.9 Å². The number of pyridine rings is 1. The van der Waals surface area contributed by atoms with Crippen LogP contribution in [0.5, 0.6) is 5.75 Å². The number of rotatable bonds is 3. The van der Waals surface area contributed by atoms with Gasteiger partial charge in [0.1, 0.15) is 5.82 Å². The third-order valence-electron chi connectivity index (χ3n) is 8.32. The molecule has 1 spiro atoms. The molecular weight excluding hydrogens is 469 g/mol. The summed E-state index contributed by atoms with van der Waals surface area (Å²) in [4.78, 5) is 21.5. The maximum atomic E-state index is 14.9. The number of aromatic nitrogens is 1. The lowest BCUT2D eigenvalue weighted by Crippen LogP contribution is -2.59. The van der Waals surface area contributed by atoms with Crippen molar-refractivity contribution < 1.29 is 19.0 Å². The van der Waals surface area contributed by atoms with Crippen LogP contribution in [-0.4, -0.2) is 52.7 Å². The van der Waals surface area contributed by atoms with Gasteiger partial charge in [0.2, 0.25) is 5.91 Å². The quantitative estimate of drug-likeness (QED) is 0.504. The standard InChI is InChI=1S/C30H32FN3O3/c1-5-25(36)34-16-30(17-34)11-12-33(15-30)28-18(2)26(22-14-37-29(3,4)13-23(22)32-28)20-7-6-8-21-19(20)9-10-24(35)27(21)31/h5-10,35H,1,11-17H2,2-4H3. The first-order valence-electron chi connectivity index (χ1n) is 12.8. The lowest BCUT2D eigenvalue weighted by atomic mass is 9.79. The summed E-state index contributed by atoms with van der Waals surface area (Å²) in [6, 6.07) is 8.76. The summed E-state index contributed by atoms with van der Waals surface area (Å²) in [6.45, 7) is 13.5. The van der Waals surface area contributed by atoms with Crippen LogP contribution in [0, 0.1) is 18.2 Å². The van der Waals surface area contributed by atoms with Crippen molar-refractivity contribution in [3.8, 4) is 16.9 Å². The number of carbonyl (C=O) groups is 1. The highest BCUT2D eigenvalue weighted by Gasteiger charge is 2.49. The molecule has 1 N–H and O–H groups in total. The Kier molecular flexibility index (Phi) is 5.35. The molecule has 0 saturated carbocycles. The second-order valence-corrected chi connectivity index (χ2v) is 11.5. The van der Waals surface area contributed by atoms with Gasteiger partial charge in [0.05, 0.1) is 17.9 Å². The lowest BCUT2D eigenvalue weighted by molar-refractivity contribution is -0.136. The molecule has 1 amide bonds. The van der Waals surface area contributed by atoms with Gasteiger partial charge in [-0.15, -0.1) is 0 Å². The molecular formula is C30H32FN3O3. The van der Waals surface area contributed by atoms with Crippen molar-refractivity contribution in [2.75, 3.05) is 31.1 Å². The van der Waals surface area contributed by atoms with Gasteiger partial charge in [-0.2, -0.15) is 0 Å². The molecule has 2 saturated heterocycles. The Morgan fingerprint density at radius 2 is 1.97 bits per heavy atom. The Bertz CT molecular complexity index is 1460. The third-order valence-corrected chi connectivity index (χ3v) is 8.32. The number of hydrogen-bond donors (Lipinski definition) is 1. The maximum absolute atomic E-state index is 14.9. The number of phenolic OH excluding ortho intramolecular Hbond substituents is 1. The Hall–Kier alpha value is -3.45. The number of ether oxygens (including phenoxy) is 1. The molecule has 2 aromatic carbocycles. The van der Waals surface area contributed by atoms with E-state index in [1.807, 2.05) is 17.0 Å². The van der Waals surface area contributed by atoms with E-state index in [1.165, 1.54) is 12.1 Å². The smallest absolute Gasteiger partial charge is 0.245 e. The fourth-order valence-corrected chi connectivity index (χ4v) is 6.41. The average Bonchev–Trinajstić information content (AvgIpc) is 3.30. The van der Waals surface area contributed by atoms with E-state index in [-0.39, 0.29) is 22.7 Å². The lowest BCUT2D eigenvalue weighted by Gasteiger charge is -2.47. The molecule has 6 nitrogen and oxygen atoms in total. The molecule has 37 heavy (non-hydrogen) atoms. The van der Waals surface area contributed by atoms with Crippen LogP contribution in [0.1, 0.15) is 37.1 Å². The van der Waals surface area contributed by atoms with Crippen molar-refractivity contribution in [3.05, 3.63) is 65.6 Å². The minimum Gasteiger partial charge on any atom is -0.505 e. The highest BCUT2D eigenvalue weighted by molar-refractivity contribution is 6.00. The summed E-state index contributed by atoms with van der Waals surface area (Å²) >= 11 is 0. The van der Waals surface area contributed by atoms with E-state index < -0.39 is 5.82 Å². The molecule has 2 fully saturated rings. The molecule has 3 aliphatic rings. The van der Waals surface area contributed by atoms with E-state index in [2.05, 4.69) is 32.3 Å². The van der Waals surface area contributed by atoms with Crippen LogP contribution in [0.4, 0.5) is 10.2 Å². The highest BCUT2D eigenvalue weighted by atomic mass is 19.1. The van der Waals surface area contributed by atoms with Gasteiger partial charge < -0.3 is 19.6 Å². The molecule has 0 unspecified atom stereocenters. The number of fused-ring (bicyclic) bond motifs is 2. The van der Waals surface area contributed by atoms with Gasteiger partial charge in [-0.25, -0.2) is 9.37 Å². The molecule has 0 bridgehead atoms. The zero-order valence-electron chi connectivity index (χ0n) is 21.6. The minimum atomic E-state index is -0.609. The summed E-state index contributed by atoms with van der Waals surface area (Å²) in [6.07, 6.45) is 3.08. The van der Waals surface area contributed by atoms with Gasteiger partial charge in [-0.1, -0.05) is 24.8 Å². The van der Waals surface area contributed by atoms with Crippen molar-refractivity contribution in [3.63, 3.8) is 0 Å². The van der Waals surface area contributed by atoms with Gasteiger partial charge in [-0.05, 0) is 67.5 Å². The Labute approximate surface area is 216 Å². The zero-order valence-corrected chi connectivity index (χ0v) is 21.6. The molecule has 0 atom stereocenters. The van der Waals surface area contributed by atoms with Gasteiger partial charge in [0.25, 0.3) is 0 Å². The van der Waals surface area contributed by atoms with Crippen molar-refractivity contribution in [2.45, 2.75) is 45.8 Å². The molecule has 7 heteroatoms. The van der Waals surface area contributed by atoms with E-state index in [0.29, 0.717) is 18.4 Å². The number of halogens is 1. The van der Waals surface area contributed by atoms with Crippen LogP contribution < -0.4 is 4.90 Å². The summed E-state index contributed by atoms with van der Waals surface area (Å²) in [5.74, 6) is -0.0163.